The minimum atomic E-state index is 0.678. The number of benzene rings is 2. The molecule has 4 rings (SSSR count). The molecule has 1 aliphatic rings. The third-order valence-corrected chi connectivity index (χ3v) is 5.01. The van der Waals surface area contributed by atoms with Gasteiger partial charge in [-0.3, -0.25) is 0 Å². The van der Waals surface area contributed by atoms with Crippen molar-refractivity contribution in [3.8, 4) is 0 Å². The van der Waals surface area contributed by atoms with E-state index in [2.05, 4.69) is 60.6 Å². The first-order valence-electron chi connectivity index (χ1n) is 9.23. The van der Waals surface area contributed by atoms with Gasteiger partial charge in [0.05, 0.1) is 5.69 Å². The van der Waals surface area contributed by atoms with E-state index in [0.29, 0.717) is 5.95 Å². The van der Waals surface area contributed by atoms with Crippen LogP contribution in [0.15, 0.2) is 54.6 Å². The number of rotatable bonds is 4. The molecule has 1 N–H and O–H groups in total. The Bertz CT molecular complexity index is 905. The summed E-state index contributed by atoms with van der Waals surface area (Å²) in [5.41, 5.74) is 5.85. The Balaban J connectivity index is 1.76. The van der Waals surface area contributed by atoms with Crippen LogP contribution >= 0.6 is 0 Å². The third kappa shape index (κ3) is 3.27. The Morgan fingerprint density at radius 3 is 2.42 bits per heavy atom. The molecule has 0 aliphatic heterocycles. The third-order valence-electron chi connectivity index (χ3n) is 5.01. The van der Waals surface area contributed by atoms with E-state index in [-0.39, 0.29) is 0 Å². The molecule has 0 bridgehead atoms. The van der Waals surface area contributed by atoms with Crippen molar-refractivity contribution in [1.29, 1.82) is 0 Å². The molecule has 0 fully saturated rings. The lowest BCUT2D eigenvalue weighted by atomic mass is 9.96. The van der Waals surface area contributed by atoms with Gasteiger partial charge in [-0.05, 0) is 56.4 Å². The van der Waals surface area contributed by atoms with Crippen molar-refractivity contribution in [2.75, 3.05) is 17.3 Å². The molecule has 2 aromatic carbocycles. The molecule has 1 aliphatic carbocycles. The zero-order valence-corrected chi connectivity index (χ0v) is 15.4. The summed E-state index contributed by atoms with van der Waals surface area (Å²) >= 11 is 0. The fourth-order valence-corrected chi connectivity index (χ4v) is 3.52. The fourth-order valence-electron chi connectivity index (χ4n) is 3.52. The summed E-state index contributed by atoms with van der Waals surface area (Å²) in [6.45, 7) is 2.09. The molecule has 1 heterocycles. The van der Waals surface area contributed by atoms with E-state index in [9.17, 15) is 0 Å². The average Bonchev–Trinajstić information content (AvgIpc) is 2.69. The lowest BCUT2D eigenvalue weighted by Crippen LogP contribution is -2.19. The molecule has 4 nitrogen and oxygen atoms in total. The zero-order valence-electron chi connectivity index (χ0n) is 15.4. The Kier molecular flexibility index (Phi) is 4.57. The SMILES string of the molecule is Cc1ccccc1Nc1nc2c(c(N(C)c3ccccc3)n1)CCCC2. The number of anilines is 4. The van der Waals surface area contributed by atoms with E-state index in [4.69, 9.17) is 9.97 Å². The van der Waals surface area contributed by atoms with E-state index in [1.807, 2.05) is 18.2 Å². The molecule has 0 atom stereocenters. The highest BCUT2D eigenvalue weighted by atomic mass is 15.2. The first kappa shape index (κ1) is 16.6. The van der Waals surface area contributed by atoms with Gasteiger partial charge in [-0.15, -0.1) is 0 Å². The van der Waals surface area contributed by atoms with Gasteiger partial charge in [0.2, 0.25) is 5.95 Å². The minimum absolute atomic E-state index is 0.678. The molecule has 0 unspecified atom stereocenters. The van der Waals surface area contributed by atoms with Crippen LogP contribution in [0.25, 0.3) is 0 Å². The molecule has 0 radical (unpaired) electrons. The molecule has 26 heavy (non-hydrogen) atoms. The van der Waals surface area contributed by atoms with Crippen molar-refractivity contribution in [3.63, 3.8) is 0 Å². The van der Waals surface area contributed by atoms with Gasteiger partial charge >= 0.3 is 0 Å². The van der Waals surface area contributed by atoms with Crippen LogP contribution in [-0.2, 0) is 12.8 Å². The van der Waals surface area contributed by atoms with E-state index < -0.39 is 0 Å². The van der Waals surface area contributed by atoms with Crippen LogP contribution in [0.4, 0.5) is 23.1 Å². The molecule has 4 heteroatoms. The molecule has 0 amide bonds. The number of nitrogens with one attached hydrogen (secondary N) is 1. The topological polar surface area (TPSA) is 41.1 Å². The summed E-state index contributed by atoms with van der Waals surface area (Å²) in [5, 5.41) is 3.42. The maximum Gasteiger partial charge on any atom is 0.229 e. The van der Waals surface area contributed by atoms with Gasteiger partial charge in [-0.1, -0.05) is 36.4 Å². The van der Waals surface area contributed by atoms with E-state index in [1.165, 1.54) is 29.7 Å². The standard InChI is InChI=1S/C22H24N4/c1-16-10-6-8-14-19(16)23-22-24-20-15-9-7-13-18(20)21(25-22)26(2)17-11-4-3-5-12-17/h3-6,8,10-12,14H,7,9,13,15H2,1-2H3,(H,23,24,25). The largest absolute Gasteiger partial charge is 0.329 e. The van der Waals surface area contributed by atoms with Crippen molar-refractivity contribution in [2.24, 2.45) is 0 Å². The highest BCUT2D eigenvalue weighted by molar-refractivity contribution is 5.66. The van der Waals surface area contributed by atoms with Gasteiger partial charge in [-0.2, -0.15) is 4.98 Å². The van der Waals surface area contributed by atoms with E-state index >= 15 is 0 Å². The monoisotopic (exact) mass is 344 g/mol. The molecule has 0 spiro atoms. The van der Waals surface area contributed by atoms with Crippen LogP contribution in [-0.4, -0.2) is 17.0 Å². The minimum Gasteiger partial charge on any atom is -0.329 e. The molecule has 3 aromatic rings. The van der Waals surface area contributed by atoms with Gasteiger partial charge in [-0.25, -0.2) is 4.98 Å². The van der Waals surface area contributed by atoms with Gasteiger partial charge in [0.15, 0.2) is 0 Å². The Morgan fingerprint density at radius 2 is 1.62 bits per heavy atom. The zero-order chi connectivity index (χ0) is 17.9. The molecular weight excluding hydrogens is 320 g/mol. The van der Waals surface area contributed by atoms with Crippen LogP contribution in [0, 0.1) is 6.92 Å². The lowest BCUT2D eigenvalue weighted by Gasteiger charge is -2.26. The summed E-state index contributed by atoms with van der Waals surface area (Å²) in [4.78, 5) is 11.9. The number of hydrogen-bond donors (Lipinski definition) is 1. The number of fused-ring (bicyclic) bond motifs is 1. The van der Waals surface area contributed by atoms with Crippen LogP contribution in [0.3, 0.4) is 0 Å². The second-order valence-corrected chi connectivity index (χ2v) is 6.84. The normalized spacial score (nSPS) is 13.2. The van der Waals surface area contributed by atoms with Crippen LogP contribution in [0.5, 0.6) is 0 Å². The highest BCUT2D eigenvalue weighted by Gasteiger charge is 2.21. The van der Waals surface area contributed by atoms with Gasteiger partial charge in [0.25, 0.3) is 0 Å². The first-order valence-corrected chi connectivity index (χ1v) is 9.23. The van der Waals surface area contributed by atoms with Crippen molar-refractivity contribution < 1.29 is 0 Å². The maximum absolute atomic E-state index is 4.90. The summed E-state index contributed by atoms with van der Waals surface area (Å²) in [7, 11) is 2.09. The van der Waals surface area contributed by atoms with Gasteiger partial charge in [0.1, 0.15) is 5.82 Å². The molecule has 0 saturated carbocycles. The predicted molar refractivity (Wildman–Crippen MR) is 108 cm³/mol. The quantitative estimate of drug-likeness (QED) is 0.708. The van der Waals surface area contributed by atoms with Gasteiger partial charge < -0.3 is 10.2 Å². The predicted octanol–water partition coefficient (Wildman–Crippen LogP) is 5.18. The maximum atomic E-state index is 4.90. The molecule has 132 valence electrons. The lowest BCUT2D eigenvalue weighted by molar-refractivity contribution is 0.663. The average molecular weight is 344 g/mol. The van der Waals surface area contributed by atoms with E-state index in [0.717, 1.165) is 30.0 Å². The Morgan fingerprint density at radius 1 is 0.885 bits per heavy atom. The summed E-state index contributed by atoms with van der Waals surface area (Å²) < 4.78 is 0. The van der Waals surface area contributed by atoms with Crippen LogP contribution in [0.1, 0.15) is 29.7 Å². The Labute approximate surface area is 154 Å². The van der Waals surface area contributed by atoms with Crippen LogP contribution < -0.4 is 10.2 Å². The molecule has 0 saturated heterocycles. The first-order chi connectivity index (χ1) is 12.7. The summed E-state index contributed by atoms with van der Waals surface area (Å²) in [6.07, 6.45) is 4.47. The number of para-hydroxylation sites is 2. The second-order valence-electron chi connectivity index (χ2n) is 6.84. The Hall–Kier alpha value is -2.88. The number of aromatic nitrogens is 2. The summed E-state index contributed by atoms with van der Waals surface area (Å²) in [6, 6.07) is 18.6. The van der Waals surface area contributed by atoms with Crippen molar-refractivity contribution in [1.82, 2.24) is 9.97 Å². The number of hydrogen-bond acceptors (Lipinski definition) is 4. The van der Waals surface area contributed by atoms with E-state index in [1.54, 1.807) is 0 Å². The number of aryl methyl sites for hydroxylation is 2. The second kappa shape index (κ2) is 7.16. The fraction of sp³-hybridized carbons (Fsp3) is 0.273. The smallest absolute Gasteiger partial charge is 0.229 e. The molecule has 1 aromatic heterocycles. The van der Waals surface area contributed by atoms with Crippen molar-refractivity contribution in [2.45, 2.75) is 32.6 Å². The highest BCUT2D eigenvalue weighted by Crippen LogP contribution is 2.33. The van der Waals surface area contributed by atoms with Crippen LogP contribution in [0.2, 0.25) is 0 Å². The summed E-state index contributed by atoms with van der Waals surface area (Å²) in [5.74, 6) is 1.69. The van der Waals surface area contributed by atoms with Crippen molar-refractivity contribution in [3.05, 3.63) is 71.4 Å². The number of nitrogens with zero attached hydrogens (tertiary/aromatic N) is 3. The van der Waals surface area contributed by atoms with Crippen molar-refractivity contribution >= 4 is 23.1 Å². The van der Waals surface area contributed by atoms with Gasteiger partial charge in [0, 0.05) is 24.0 Å². The molecular formula is C22H24N4.